The normalized spacial score (nSPS) is 16.6. The zero-order chi connectivity index (χ0) is 29.3. The first-order valence-electron chi connectivity index (χ1n) is 13.5. The van der Waals surface area contributed by atoms with Gasteiger partial charge in [-0.3, -0.25) is 19.4 Å². The summed E-state index contributed by atoms with van der Waals surface area (Å²) in [5, 5.41) is 0. The van der Waals surface area contributed by atoms with Crippen LogP contribution in [-0.2, 0) is 19.1 Å². The molecule has 3 aromatic carbocycles. The van der Waals surface area contributed by atoms with Crippen LogP contribution in [0.2, 0.25) is 0 Å². The fourth-order valence-corrected chi connectivity index (χ4v) is 5.59. The molecule has 0 unspecified atom stereocenters. The molecule has 0 saturated carbocycles. The first-order chi connectivity index (χ1) is 19.6. The van der Waals surface area contributed by atoms with Crippen molar-refractivity contribution in [1.82, 2.24) is 9.80 Å². The van der Waals surface area contributed by atoms with E-state index in [0.717, 1.165) is 42.1 Å². The molecule has 2 amide bonds. The largest absolute Gasteiger partial charge is 0.493 e. The number of piperazine rings is 1. The lowest BCUT2D eigenvalue weighted by Gasteiger charge is -2.39. The Morgan fingerprint density at radius 3 is 2.12 bits per heavy atom. The smallest absolute Gasteiger partial charge is 0.416 e. The highest BCUT2D eigenvalue weighted by atomic mass is 19.4. The van der Waals surface area contributed by atoms with Crippen molar-refractivity contribution in [3.63, 3.8) is 0 Å². The van der Waals surface area contributed by atoms with Crippen molar-refractivity contribution < 1.29 is 32.2 Å². The molecule has 0 radical (unpaired) electrons. The summed E-state index contributed by atoms with van der Waals surface area (Å²) in [5.41, 5.74) is 2.22. The second-order valence-electron chi connectivity index (χ2n) is 10.4. The molecule has 41 heavy (non-hydrogen) atoms. The van der Waals surface area contributed by atoms with Gasteiger partial charge in [-0.1, -0.05) is 24.3 Å². The van der Waals surface area contributed by atoms with Gasteiger partial charge in [-0.05, 0) is 60.9 Å². The molecule has 7 nitrogen and oxygen atoms in total. The number of rotatable bonds is 8. The van der Waals surface area contributed by atoms with Crippen molar-refractivity contribution in [2.24, 2.45) is 0 Å². The summed E-state index contributed by atoms with van der Waals surface area (Å²) < 4.78 is 49.6. The summed E-state index contributed by atoms with van der Waals surface area (Å²) in [6.45, 7) is 5.05. The van der Waals surface area contributed by atoms with E-state index in [1.807, 2.05) is 24.3 Å². The molecule has 3 aromatic rings. The minimum atomic E-state index is -4.45. The quantitative estimate of drug-likeness (QED) is 0.346. The third-order valence-corrected chi connectivity index (χ3v) is 7.86. The van der Waals surface area contributed by atoms with Crippen LogP contribution in [0.4, 0.5) is 18.9 Å². The summed E-state index contributed by atoms with van der Waals surface area (Å²) in [7, 11) is 3.24. The topological polar surface area (TPSA) is 62.3 Å². The molecule has 0 N–H and O–H groups in total. The highest BCUT2D eigenvalue weighted by Crippen LogP contribution is 2.34. The number of hydrogen-bond acceptors (Lipinski definition) is 6. The molecule has 0 aliphatic carbocycles. The van der Waals surface area contributed by atoms with Gasteiger partial charge in [0.1, 0.15) is 0 Å². The van der Waals surface area contributed by atoms with Crippen molar-refractivity contribution >= 4 is 17.5 Å². The van der Waals surface area contributed by atoms with Crippen molar-refractivity contribution in [1.29, 1.82) is 0 Å². The number of methoxy groups -OCH3 is 2. The molecule has 1 saturated heterocycles. The van der Waals surface area contributed by atoms with Gasteiger partial charge in [0, 0.05) is 32.2 Å². The van der Waals surface area contributed by atoms with Crippen LogP contribution >= 0.6 is 0 Å². The van der Waals surface area contributed by atoms with Crippen molar-refractivity contribution in [3.8, 4) is 11.5 Å². The Morgan fingerprint density at radius 1 is 0.829 bits per heavy atom. The number of fused-ring (bicyclic) bond motifs is 1. The van der Waals surface area contributed by atoms with Crippen LogP contribution in [0.15, 0.2) is 60.7 Å². The van der Waals surface area contributed by atoms with Crippen LogP contribution < -0.4 is 14.4 Å². The molecule has 2 aliphatic heterocycles. The van der Waals surface area contributed by atoms with E-state index in [0.29, 0.717) is 47.0 Å². The highest BCUT2D eigenvalue weighted by Gasteiger charge is 2.39. The van der Waals surface area contributed by atoms with E-state index in [1.54, 1.807) is 26.4 Å². The molecule has 2 aliphatic rings. The number of ether oxygens (including phenoxy) is 2. The van der Waals surface area contributed by atoms with Crippen LogP contribution in [0.5, 0.6) is 11.5 Å². The lowest BCUT2D eigenvalue weighted by atomic mass is 10.0. The molecule has 216 valence electrons. The van der Waals surface area contributed by atoms with Gasteiger partial charge in [-0.2, -0.15) is 13.2 Å². The van der Waals surface area contributed by atoms with Gasteiger partial charge >= 0.3 is 6.18 Å². The molecule has 2 heterocycles. The van der Waals surface area contributed by atoms with Gasteiger partial charge in [0.15, 0.2) is 11.5 Å². The minimum Gasteiger partial charge on any atom is -0.493 e. The standard InChI is InChI=1S/C31H32F3N3O4/c1-20(17-22-9-12-26(40-2)27(18-22)41-3)35-13-15-36(16-14-35)25-6-4-5-24-28(25)30(39)37(29(24)38)19-21-7-10-23(11-8-21)31(32,33)34/h4-12,18,20H,13-17,19H2,1-3H3/t20-/m1/s1. The molecular weight excluding hydrogens is 535 g/mol. The van der Waals surface area contributed by atoms with Crippen molar-refractivity contribution in [2.45, 2.75) is 32.1 Å². The van der Waals surface area contributed by atoms with E-state index < -0.39 is 23.6 Å². The van der Waals surface area contributed by atoms with Crippen molar-refractivity contribution in [2.75, 3.05) is 45.3 Å². The number of amides is 2. The molecular formula is C31H32F3N3O4. The number of imide groups is 1. The molecule has 1 fully saturated rings. The van der Waals surface area contributed by atoms with Gasteiger partial charge in [0.25, 0.3) is 11.8 Å². The molecule has 1 atom stereocenters. The predicted octanol–water partition coefficient (Wildman–Crippen LogP) is 5.27. The van der Waals surface area contributed by atoms with Crippen LogP contribution in [0.3, 0.4) is 0 Å². The fourth-order valence-electron chi connectivity index (χ4n) is 5.59. The van der Waals surface area contributed by atoms with E-state index in [-0.39, 0.29) is 12.6 Å². The zero-order valence-electron chi connectivity index (χ0n) is 23.2. The minimum absolute atomic E-state index is 0.0919. The number of halogens is 3. The lowest BCUT2D eigenvalue weighted by Crippen LogP contribution is -2.50. The number of hydrogen-bond donors (Lipinski definition) is 0. The average Bonchev–Trinajstić information content (AvgIpc) is 3.21. The average molecular weight is 568 g/mol. The first-order valence-corrected chi connectivity index (χ1v) is 13.5. The monoisotopic (exact) mass is 567 g/mol. The van der Waals surface area contributed by atoms with Crippen LogP contribution in [-0.4, -0.2) is 68.1 Å². The Labute approximate surface area is 237 Å². The molecule has 10 heteroatoms. The highest BCUT2D eigenvalue weighted by molar-refractivity contribution is 6.23. The van der Waals surface area contributed by atoms with Gasteiger partial charge < -0.3 is 14.4 Å². The summed E-state index contributed by atoms with van der Waals surface area (Å²) in [6, 6.07) is 16.0. The number of nitrogens with zero attached hydrogens (tertiary/aromatic N) is 3. The molecule has 0 spiro atoms. The summed E-state index contributed by atoms with van der Waals surface area (Å²) in [5.74, 6) is 0.532. The predicted molar refractivity (Wildman–Crippen MR) is 149 cm³/mol. The summed E-state index contributed by atoms with van der Waals surface area (Å²) in [6.07, 6.45) is -3.61. The molecule has 0 bridgehead atoms. The van der Waals surface area contributed by atoms with Gasteiger partial charge in [0.05, 0.1) is 43.1 Å². The maximum absolute atomic E-state index is 13.4. The van der Waals surface area contributed by atoms with E-state index in [4.69, 9.17) is 9.47 Å². The Balaban J connectivity index is 1.25. The number of benzene rings is 3. The van der Waals surface area contributed by atoms with E-state index in [2.05, 4.69) is 16.7 Å². The summed E-state index contributed by atoms with van der Waals surface area (Å²) >= 11 is 0. The van der Waals surface area contributed by atoms with Crippen LogP contribution in [0, 0.1) is 0 Å². The van der Waals surface area contributed by atoms with E-state index in [1.165, 1.54) is 12.1 Å². The number of carbonyl (C=O) groups is 2. The molecule has 5 rings (SSSR count). The zero-order valence-corrected chi connectivity index (χ0v) is 23.2. The number of alkyl halides is 3. The van der Waals surface area contributed by atoms with Gasteiger partial charge in [-0.15, -0.1) is 0 Å². The Hall–Kier alpha value is -4.05. The Bertz CT molecular complexity index is 1430. The Kier molecular flexibility index (Phi) is 7.95. The number of carbonyl (C=O) groups excluding carboxylic acids is 2. The van der Waals surface area contributed by atoms with Gasteiger partial charge in [0.2, 0.25) is 0 Å². The molecule has 0 aromatic heterocycles. The van der Waals surface area contributed by atoms with Gasteiger partial charge in [-0.25, -0.2) is 0 Å². The lowest BCUT2D eigenvalue weighted by molar-refractivity contribution is -0.137. The van der Waals surface area contributed by atoms with E-state index >= 15 is 0 Å². The maximum Gasteiger partial charge on any atom is 0.416 e. The fraction of sp³-hybridized carbons (Fsp3) is 0.355. The SMILES string of the molecule is COc1ccc(C[C@@H](C)N2CCN(c3cccc4c3C(=O)N(Cc3ccc(C(F)(F)F)cc3)C4=O)CC2)cc1OC. The third-order valence-electron chi connectivity index (χ3n) is 7.86. The third kappa shape index (κ3) is 5.74. The summed E-state index contributed by atoms with van der Waals surface area (Å²) in [4.78, 5) is 32.2. The second-order valence-corrected chi connectivity index (χ2v) is 10.4. The Morgan fingerprint density at radius 2 is 1.49 bits per heavy atom. The van der Waals surface area contributed by atoms with Crippen LogP contribution in [0.25, 0.3) is 0 Å². The van der Waals surface area contributed by atoms with E-state index in [9.17, 15) is 22.8 Å². The maximum atomic E-state index is 13.4. The number of anilines is 1. The van der Waals surface area contributed by atoms with Crippen LogP contribution in [0.1, 0.15) is 44.3 Å². The first kappa shape index (κ1) is 28.5. The second kappa shape index (κ2) is 11.4. The van der Waals surface area contributed by atoms with Crippen molar-refractivity contribution in [3.05, 3.63) is 88.5 Å².